The number of hydrogen-bond donors (Lipinski definition) is 0. The molecule has 0 bridgehead atoms. The second-order valence-corrected chi connectivity index (χ2v) is 9.96. The first-order valence-electron chi connectivity index (χ1n) is 10.5. The summed E-state index contributed by atoms with van der Waals surface area (Å²) in [7, 11) is 3.65. The molecule has 4 nitrogen and oxygen atoms in total. The fraction of sp³-hybridized carbons (Fsp3) is 0.500. The molecule has 1 saturated carbocycles. The predicted molar refractivity (Wildman–Crippen MR) is 118 cm³/mol. The van der Waals surface area contributed by atoms with E-state index in [9.17, 15) is 9.59 Å². The first-order valence-corrected chi connectivity index (χ1v) is 11.4. The van der Waals surface area contributed by atoms with Crippen molar-refractivity contribution in [3.63, 3.8) is 0 Å². The van der Waals surface area contributed by atoms with Crippen molar-refractivity contribution in [3.05, 3.63) is 47.3 Å². The van der Waals surface area contributed by atoms with Gasteiger partial charge in [-0.15, -0.1) is 11.3 Å². The van der Waals surface area contributed by atoms with Crippen LogP contribution in [0.25, 0.3) is 10.4 Å². The van der Waals surface area contributed by atoms with E-state index in [1.807, 2.05) is 19.0 Å². The smallest absolute Gasteiger partial charge is 0.230 e. The maximum absolute atomic E-state index is 13.3. The Labute approximate surface area is 177 Å². The fourth-order valence-electron chi connectivity index (χ4n) is 4.71. The molecule has 2 amide bonds. The number of nitrogens with zero attached hydrogens (tertiary/aromatic N) is 2. The van der Waals surface area contributed by atoms with E-state index in [1.165, 1.54) is 10.4 Å². The van der Waals surface area contributed by atoms with E-state index >= 15 is 0 Å². The van der Waals surface area contributed by atoms with Gasteiger partial charge in [-0.3, -0.25) is 9.59 Å². The highest BCUT2D eigenvalue weighted by atomic mass is 32.1. The quantitative estimate of drug-likeness (QED) is 0.737. The summed E-state index contributed by atoms with van der Waals surface area (Å²) in [6.07, 6.45) is 3.40. The van der Waals surface area contributed by atoms with Crippen molar-refractivity contribution < 1.29 is 9.59 Å². The first kappa shape index (κ1) is 20.1. The van der Waals surface area contributed by atoms with Crippen LogP contribution in [-0.4, -0.2) is 48.8 Å². The van der Waals surface area contributed by atoms with Gasteiger partial charge >= 0.3 is 0 Å². The summed E-state index contributed by atoms with van der Waals surface area (Å²) in [4.78, 5) is 31.1. The van der Waals surface area contributed by atoms with Crippen LogP contribution in [0.4, 0.5) is 0 Å². The highest BCUT2D eigenvalue weighted by molar-refractivity contribution is 7.13. The van der Waals surface area contributed by atoms with Crippen molar-refractivity contribution in [3.8, 4) is 10.4 Å². The first-order chi connectivity index (χ1) is 13.9. The molecule has 154 valence electrons. The van der Waals surface area contributed by atoms with E-state index in [1.54, 1.807) is 16.2 Å². The highest BCUT2D eigenvalue weighted by Gasteiger charge is 2.48. The van der Waals surface area contributed by atoms with Crippen molar-refractivity contribution in [2.75, 3.05) is 27.2 Å². The van der Waals surface area contributed by atoms with E-state index in [0.29, 0.717) is 18.9 Å². The summed E-state index contributed by atoms with van der Waals surface area (Å²) in [5.74, 6) is 1.06. The maximum Gasteiger partial charge on any atom is 0.230 e. The average molecular weight is 411 g/mol. The number of piperidine rings is 1. The number of amides is 2. The third-order valence-electron chi connectivity index (χ3n) is 6.48. The molecule has 0 unspecified atom stereocenters. The van der Waals surface area contributed by atoms with Gasteiger partial charge in [-0.25, -0.2) is 0 Å². The number of carbonyl (C=O) groups is 2. The van der Waals surface area contributed by atoms with Crippen molar-refractivity contribution in [2.45, 2.75) is 32.6 Å². The number of carbonyl (C=O) groups excluding carboxylic acids is 2. The fourth-order valence-corrected chi connectivity index (χ4v) is 5.44. The monoisotopic (exact) mass is 410 g/mol. The Balaban J connectivity index is 1.56. The van der Waals surface area contributed by atoms with Gasteiger partial charge in [-0.05, 0) is 54.2 Å². The SMILES string of the molecule is C[C@@H]1C[C@H]1C(=O)N1CCC[C@@](Cc2ccc(-c3cccs3)cc2)(C(=O)N(C)C)C1. The average Bonchev–Trinajstić information content (AvgIpc) is 3.21. The van der Waals surface area contributed by atoms with Crippen LogP contribution < -0.4 is 0 Å². The lowest BCUT2D eigenvalue weighted by molar-refractivity contribution is -0.147. The minimum atomic E-state index is -0.528. The zero-order valence-corrected chi connectivity index (χ0v) is 18.4. The Morgan fingerprint density at radius 2 is 1.93 bits per heavy atom. The summed E-state index contributed by atoms with van der Waals surface area (Å²) in [5, 5.41) is 2.09. The molecule has 0 N–H and O–H groups in total. The Morgan fingerprint density at radius 3 is 2.52 bits per heavy atom. The molecule has 2 aliphatic rings. The van der Waals surface area contributed by atoms with E-state index in [2.05, 4.69) is 48.7 Å². The molecule has 1 aromatic carbocycles. The molecule has 2 fully saturated rings. The molecular weight excluding hydrogens is 380 g/mol. The highest BCUT2D eigenvalue weighted by Crippen LogP contribution is 2.42. The Bertz CT molecular complexity index is 875. The zero-order valence-electron chi connectivity index (χ0n) is 17.6. The van der Waals surface area contributed by atoms with Gasteiger partial charge < -0.3 is 9.80 Å². The van der Waals surface area contributed by atoms with Gasteiger partial charge in [0.05, 0.1) is 5.41 Å². The Kier molecular flexibility index (Phi) is 5.52. The zero-order chi connectivity index (χ0) is 20.6. The molecule has 1 aliphatic heterocycles. The van der Waals surface area contributed by atoms with Crippen LogP contribution in [0, 0.1) is 17.3 Å². The van der Waals surface area contributed by atoms with E-state index in [0.717, 1.165) is 31.4 Å². The Hall–Kier alpha value is -2.14. The van der Waals surface area contributed by atoms with E-state index in [-0.39, 0.29) is 17.7 Å². The second kappa shape index (κ2) is 7.94. The van der Waals surface area contributed by atoms with Gasteiger partial charge in [0.1, 0.15) is 0 Å². The van der Waals surface area contributed by atoms with Crippen LogP contribution in [0.1, 0.15) is 31.7 Å². The summed E-state index contributed by atoms with van der Waals surface area (Å²) in [6.45, 7) is 3.46. The van der Waals surface area contributed by atoms with E-state index in [4.69, 9.17) is 0 Å². The predicted octanol–water partition coefficient (Wildman–Crippen LogP) is 4.31. The molecule has 4 rings (SSSR count). The summed E-state index contributed by atoms with van der Waals surface area (Å²) in [6, 6.07) is 12.8. The molecule has 3 atom stereocenters. The molecule has 5 heteroatoms. The van der Waals surface area contributed by atoms with Crippen molar-refractivity contribution in [2.24, 2.45) is 17.3 Å². The van der Waals surface area contributed by atoms with Crippen LogP contribution in [-0.2, 0) is 16.0 Å². The lowest BCUT2D eigenvalue weighted by atomic mass is 9.73. The summed E-state index contributed by atoms with van der Waals surface area (Å²) < 4.78 is 0. The van der Waals surface area contributed by atoms with Gasteiger partial charge in [0.25, 0.3) is 0 Å². The van der Waals surface area contributed by atoms with Crippen LogP contribution in [0.2, 0.25) is 0 Å². The third kappa shape index (κ3) is 4.11. The molecular formula is C24H30N2O2S. The molecule has 1 aromatic heterocycles. The van der Waals surface area contributed by atoms with Crippen molar-refractivity contribution in [1.29, 1.82) is 0 Å². The van der Waals surface area contributed by atoms with Crippen LogP contribution in [0.3, 0.4) is 0 Å². The lowest BCUT2D eigenvalue weighted by Gasteiger charge is -2.43. The molecule has 2 heterocycles. The number of thiophene rings is 1. The summed E-state index contributed by atoms with van der Waals surface area (Å²) >= 11 is 1.73. The topological polar surface area (TPSA) is 40.6 Å². The number of hydrogen-bond acceptors (Lipinski definition) is 3. The van der Waals surface area contributed by atoms with Gasteiger partial charge in [0.15, 0.2) is 0 Å². The Morgan fingerprint density at radius 1 is 1.21 bits per heavy atom. The summed E-state index contributed by atoms with van der Waals surface area (Å²) in [5.41, 5.74) is 1.84. The third-order valence-corrected chi connectivity index (χ3v) is 7.40. The molecule has 29 heavy (non-hydrogen) atoms. The minimum absolute atomic E-state index is 0.140. The normalized spacial score (nSPS) is 26.2. The van der Waals surface area contributed by atoms with Crippen molar-refractivity contribution >= 4 is 23.2 Å². The van der Waals surface area contributed by atoms with Gasteiger partial charge in [-0.1, -0.05) is 37.3 Å². The molecule has 0 spiro atoms. The van der Waals surface area contributed by atoms with Crippen LogP contribution in [0.5, 0.6) is 0 Å². The van der Waals surface area contributed by atoms with Crippen LogP contribution in [0.15, 0.2) is 41.8 Å². The lowest BCUT2D eigenvalue weighted by Crippen LogP contribution is -2.54. The number of rotatable bonds is 5. The second-order valence-electron chi connectivity index (χ2n) is 9.01. The molecule has 1 saturated heterocycles. The van der Waals surface area contributed by atoms with Gasteiger partial charge in [-0.2, -0.15) is 0 Å². The van der Waals surface area contributed by atoms with Gasteiger partial charge in [0, 0.05) is 38.0 Å². The van der Waals surface area contributed by atoms with Crippen molar-refractivity contribution in [1.82, 2.24) is 9.80 Å². The molecule has 0 radical (unpaired) electrons. The molecule has 1 aliphatic carbocycles. The van der Waals surface area contributed by atoms with Gasteiger partial charge in [0.2, 0.25) is 11.8 Å². The minimum Gasteiger partial charge on any atom is -0.348 e. The van der Waals surface area contributed by atoms with E-state index < -0.39 is 5.41 Å². The largest absolute Gasteiger partial charge is 0.348 e. The number of benzene rings is 1. The number of likely N-dealkylation sites (tertiary alicyclic amines) is 1. The maximum atomic E-state index is 13.3. The van der Waals surface area contributed by atoms with Crippen LogP contribution >= 0.6 is 11.3 Å². The molecule has 2 aromatic rings. The standard InChI is InChI=1S/C24H30N2O2S/c1-17-14-20(17)22(27)26-12-5-11-24(16-26,23(28)25(2)3)15-18-7-9-19(10-8-18)21-6-4-13-29-21/h4,6-10,13,17,20H,5,11-12,14-16H2,1-3H3/t17-,20-,24+/m1/s1.